The average molecular weight is 389 g/mol. The van der Waals surface area contributed by atoms with Crippen LogP contribution in [-0.2, 0) is 6.42 Å². The van der Waals surface area contributed by atoms with Crippen LogP contribution in [-0.4, -0.2) is 47.1 Å². The highest BCUT2D eigenvalue weighted by Crippen LogP contribution is 2.26. The minimum absolute atomic E-state index is 0.553. The number of likely N-dealkylation sites (N-methyl/N-ethyl adjacent to an activating group) is 1. The summed E-state index contributed by atoms with van der Waals surface area (Å²) in [6.07, 6.45) is 14.7. The average Bonchev–Trinajstić information content (AvgIpc) is 2.72. The van der Waals surface area contributed by atoms with E-state index in [0.717, 1.165) is 49.9 Å². The number of piperazine rings is 1. The van der Waals surface area contributed by atoms with E-state index in [1.165, 1.54) is 44.9 Å². The van der Waals surface area contributed by atoms with Gasteiger partial charge >= 0.3 is 0 Å². The third kappa shape index (κ3) is 7.02. The molecule has 0 N–H and O–H groups in total. The van der Waals surface area contributed by atoms with Gasteiger partial charge in [-0.3, -0.25) is 0 Å². The number of hydrogen-bond acceptors (Lipinski definition) is 4. The fourth-order valence-electron chi connectivity index (χ4n) is 4.46. The predicted octanol–water partition coefficient (Wildman–Crippen LogP) is 5.71. The van der Waals surface area contributed by atoms with Crippen LogP contribution in [0.5, 0.6) is 0 Å². The van der Waals surface area contributed by atoms with E-state index in [1.807, 2.05) is 6.20 Å². The fraction of sp³-hybridized carbons (Fsp3) is 0.833. The second-order valence-electron chi connectivity index (χ2n) is 8.90. The quantitative estimate of drug-likeness (QED) is 0.429. The fourth-order valence-corrected chi connectivity index (χ4v) is 4.46. The van der Waals surface area contributed by atoms with Crippen LogP contribution in [0.15, 0.2) is 12.3 Å². The molecule has 28 heavy (non-hydrogen) atoms. The van der Waals surface area contributed by atoms with E-state index in [1.54, 1.807) is 0 Å². The Hall–Kier alpha value is -1.16. The largest absolute Gasteiger partial charge is 0.348 e. The molecule has 2 heterocycles. The number of nitrogens with zero attached hydrogens (tertiary/aromatic N) is 4. The molecule has 2 rings (SSSR count). The lowest BCUT2D eigenvalue weighted by atomic mass is 10.00. The van der Waals surface area contributed by atoms with Crippen LogP contribution in [0, 0.1) is 5.92 Å². The van der Waals surface area contributed by atoms with Crippen molar-refractivity contribution in [2.24, 2.45) is 5.92 Å². The van der Waals surface area contributed by atoms with Gasteiger partial charge in [-0.1, -0.05) is 66.2 Å². The first-order valence-corrected chi connectivity index (χ1v) is 11.9. The van der Waals surface area contributed by atoms with Gasteiger partial charge in [0.2, 0.25) is 0 Å². The van der Waals surface area contributed by atoms with Crippen molar-refractivity contribution in [2.75, 3.05) is 25.0 Å². The Balaban J connectivity index is 1.84. The molecule has 1 aromatic heterocycles. The van der Waals surface area contributed by atoms with E-state index in [-0.39, 0.29) is 0 Å². The van der Waals surface area contributed by atoms with Crippen LogP contribution < -0.4 is 4.90 Å². The Morgan fingerprint density at radius 3 is 2.29 bits per heavy atom. The molecule has 1 aliphatic heterocycles. The van der Waals surface area contributed by atoms with Gasteiger partial charge in [0.05, 0.1) is 0 Å². The first-order valence-electron chi connectivity index (χ1n) is 11.9. The van der Waals surface area contributed by atoms with Gasteiger partial charge in [0, 0.05) is 37.8 Å². The van der Waals surface area contributed by atoms with Gasteiger partial charge < -0.3 is 9.80 Å². The summed E-state index contributed by atoms with van der Waals surface area (Å²) in [4.78, 5) is 14.6. The van der Waals surface area contributed by atoms with Gasteiger partial charge in [0.15, 0.2) is 0 Å². The molecule has 0 amide bonds. The summed E-state index contributed by atoms with van der Waals surface area (Å²) in [7, 11) is 2.25. The monoisotopic (exact) mass is 388 g/mol. The van der Waals surface area contributed by atoms with Crippen LogP contribution in [0.25, 0.3) is 0 Å². The third-order valence-corrected chi connectivity index (χ3v) is 6.52. The maximum atomic E-state index is 4.98. The predicted molar refractivity (Wildman–Crippen MR) is 121 cm³/mol. The second-order valence-corrected chi connectivity index (χ2v) is 8.90. The maximum absolute atomic E-state index is 4.98. The highest BCUT2D eigenvalue weighted by Gasteiger charge is 2.32. The highest BCUT2D eigenvalue weighted by atomic mass is 15.3. The molecular formula is C24H44N4. The second kappa shape index (κ2) is 12.4. The first kappa shape index (κ1) is 23.1. The first-order chi connectivity index (χ1) is 13.6. The Morgan fingerprint density at radius 2 is 1.64 bits per heavy atom. The van der Waals surface area contributed by atoms with Gasteiger partial charge in [-0.05, 0) is 38.3 Å². The van der Waals surface area contributed by atoms with E-state index in [2.05, 4.69) is 55.6 Å². The van der Waals surface area contributed by atoms with Gasteiger partial charge in [-0.15, -0.1) is 0 Å². The van der Waals surface area contributed by atoms with Gasteiger partial charge in [-0.25, -0.2) is 9.97 Å². The number of rotatable bonds is 12. The van der Waals surface area contributed by atoms with Gasteiger partial charge in [0.1, 0.15) is 11.6 Å². The SMILES string of the molecule is CCC(C)CCCCCCCc1nccc(N2C(CC)CN(C)CC2CC)n1. The molecular weight excluding hydrogens is 344 g/mol. The van der Waals surface area contributed by atoms with Crippen LogP contribution >= 0.6 is 0 Å². The van der Waals surface area contributed by atoms with Crippen molar-refractivity contribution >= 4 is 5.82 Å². The summed E-state index contributed by atoms with van der Waals surface area (Å²) >= 11 is 0. The van der Waals surface area contributed by atoms with Crippen molar-refractivity contribution in [2.45, 2.75) is 104 Å². The van der Waals surface area contributed by atoms with E-state index in [0.29, 0.717) is 12.1 Å². The molecule has 0 aromatic carbocycles. The van der Waals surface area contributed by atoms with Crippen molar-refractivity contribution in [1.82, 2.24) is 14.9 Å². The summed E-state index contributed by atoms with van der Waals surface area (Å²) in [6.45, 7) is 11.5. The minimum atomic E-state index is 0.553. The molecule has 4 nitrogen and oxygen atoms in total. The molecule has 0 bridgehead atoms. The summed E-state index contributed by atoms with van der Waals surface area (Å²) in [6, 6.07) is 3.23. The van der Waals surface area contributed by atoms with Crippen molar-refractivity contribution in [3.63, 3.8) is 0 Å². The van der Waals surface area contributed by atoms with Crippen LogP contribution in [0.2, 0.25) is 0 Å². The number of aryl methyl sites for hydroxylation is 1. The summed E-state index contributed by atoms with van der Waals surface area (Å²) < 4.78 is 0. The summed E-state index contributed by atoms with van der Waals surface area (Å²) in [5, 5.41) is 0. The molecule has 1 saturated heterocycles. The number of unbranched alkanes of at least 4 members (excludes halogenated alkanes) is 4. The molecule has 1 aromatic rings. The lowest BCUT2D eigenvalue weighted by molar-refractivity contribution is 0.218. The molecule has 1 fully saturated rings. The molecule has 0 spiro atoms. The Morgan fingerprint density at radius 1 is 1.00 bits per heavy atom. The third-order valence-electron chi connectivity index (χ3n) is 6.52. The topological polar surface area (TPSA) is 32.3 Å². The lowest BCUT2D eigenvalue weighted by Gasteiger charge is -2.46. The standard InChI is InChI=1S/C24H44N4/c1-6-20(4)14-12-10-9-11-13-15-23-25-17-16-24(26-23)28-21(7-2)18-27(5)19-22(28)8-3/h16-17,20-22H,6-15,18-19H2,1-5H3. The maximum Gasteiger partial charge on any atom is 0.132 e. The normalized spacial score (nSPS) is 21.8. The number of hydrogen-bond donors (Lipinski definition) is 0. The van der Waals surface area contributed by atoms with Crippen molar-refractivity contribution < 1.29 is 0 Å². The Bertz CT molecular complexity index is 533. The van der Waals surface area contributed by atoms with Crippen molar-refractivity contribution in [3.05, 3.63) is 18.1 Å². The summed E-state index contributed by atoms with van der Waals surface area (Å²) in [5.74, 6) is 3.07. The Labute approximate surface area is 174 Å². The van der Waals surface area contributed by atoms with Gasteiger partial charge in [-0.2, -0.15) is 0 Å². The minimum Gasteiger partial charge on any atom is -0.348 e. The molecule has 3 unspecified atom stereocenters. The van der Waals surface area contributed by atoms with E-state index >= 15 is 0 Å². The Kier molecular flexibility index (Phi) is 10.3. The van der Waals surface area contributed by atoms with Crippen LogP contribution in [0.1, 0.15) is 91.3 Å². The zero-order valence-electron chi connectivity index (χ0n) is 19.2. The highest BCUT2D eigenvalue weighted by molar-refractivity contribution is 5.41. The smallest absolute Gasteiger partial charge is 0.132 e. The molecule has 0 saturated carbocycles. The summed E-state index contributed by atoms with van der Waals surface area (Å²) in [5.41, 5.74) is 0. The zero-order chi connectivity index (χ0) is 20.4. The molecule has 0 aliphatic carbocycles. The van der Waals surface area contributed by atoms with Crippen molar-refractivity contribution in [1.29, 1.82) is 0 Å². The number of aromatic nitrogens is 2. The molecule has 4 heteroatoms. The number of anilines is 1. The van der Waals surface area contributed by atoms with E-state index < -0.39 is 0 Å². The van der Waals surface area contributed by atoms with Crippen LogP contribution in [0.3, 0.4) is 0 Å². The molecule has 3 atom stereocenters. The molecule has 160 valence electrons. The lowest BCUT2D eigenvalue weighted by Crippen LogP contribution is -2.57. The van der Waals surface area contributed by atoms with Crippen molar-refractivity contribution in [3.8, 4) is 0 Å². The van der Waals surface area contributed by atoms with E-state index in [4.69, 9.17) is 4.98 Å². The van der Waals surface area contributed by atoms with Gasteiger partial charge in [0.25, 0.3) is 0 Å². The van der Waals surface area contributed by atoms with E-state index in [9.17, 15) is 0 Å². The zero-order valence-corrected chi connectivity index (χ0v) is 19.2. The molecule has 1 aliphatic rings. The van der Waals surface area contributed by atoms with Crippen LogP contribution in [0.4, 0.5) is 5.82 Å². The molecule has 0 radical (unpaired) electrons.